The number of aliphatic hydroxyl groups is 1. The maximum atomic E-state index is 10.7. The van der Waals surface area contributed by atoms with Gasteiger partial charge in [0.2, 0.25) is 0 Å². The van der Waals surface area contributed by atoms with Gasteiger partial charge in [0, 0.05) is 37.7 Å². The fraction of sp³-hybridized carbons (Fsp3) is 0.667. The third-order valence-corrected chi connectivity index (χ3v) is 5.48. The van der Waals surface area contributed by atoms with Gasteiger partial charge < -0.3 is 19.7 Å². The Bertz CT molecular complexity index is 592. The molecular formula is C18H32BCl3N2O3. The average molecular weight is 442 g/mol. The van der Waals surface area contributed by atoms with Crippen molar-refractivity contribution in [1.82, 2.24) is 9.80 Å². The Kier molecular flexibility index (Phi) is 10.6. The summed E-state index contributed by atoms with van der Waals surface area (Å²) in [5.74, 6) is 0. The van der Waals surface area contributed by atoms with Crippen LogP contribution in [0.2, 0.25) is 5.02 Å². The first-order valence-corrected chi connectivity index (χ1v) is 9.15. The van der Waals surface area contributed by atoms with E-state index in [1.165, 1.54) is 0 Å². The maximum Gasteiger partial charge on any atom is 0.492 e. The quantitative estimate of drug-likeness (QED) is 0.663. The summed E-state index contributed by atoms with van der Waals surface area (Å²) in [6.07, 6.45) is 0. The molecule has 27 heavy (non-hydrogen) atoms. The lowest BCUT2D eigenvalue weighted by Crippen LogP contribution is -2.54. The van der Waals surface area contributed by atoms with Crippen molar-refractivity contribution in [3.63, 3.8) is 0 Å². The van der Waals surface area contributed by atoms with Crippen LogP contribution < -0.4 is 5.46 Å². The first kappa shape index (κ1) is 27.0. The van der Waals surface area contributed by atoms with Gasteiger partial charge in [0.15, 0.2) is 0 Å². The van der Waals surface area contributed by atoms with Crippen molar-refractivity contribution in [2.45, 2.75) is 45.4 Å². The molecule has 1 aromatic rings. The highest BCUT2D eigenvalue weighted by molar-refractivity contribution is 6.61. The summed E-state index contributed by atoms with van der Waals surface area (Å²) in [5, 5.41) is 21.5. The van der Waals surface area contributed by atoms with Gasteiger partial charge in [0.25, 0.3) is 0 Å². The van der Waals surface area contributed by atoms with Crippen molar-refractivity contribution in [3.05, 3.63) is 28.8 Å². The van der Waals surface area contributed by atoms with Crippen LogP contribution in [0.3, 0.4) is 0 Å². The number of hydrogen-bond acceptors (Lipinski definition) is 5. The fourth-order valence-electron chi connectivity index (χ4n) is 2.67. The van der Waals surface area contributed by atoms with E-state index in [9.17, 15) is 10.1 Å². The lowest BCUT2D eigenvalue weighted by Gasteiger charge is -2.38. The van der Waals surface area contributed by atoms with Crippen LogP contribution in [0.1, 0.15) is 33.3 Å². The van der Waals surface area contributed by atoms with Gasteiger partial charge in [0.05, 0.1) is 11.2 Å². The van der Waals surface area contributed by atoms with Crippen LogP contribution in [-0.4, -0.2) is 71.5 Å². The van der Waals surface area contributed by atoms with Gasteiger partial charge in [-0.05, 0) is 57.9 Å². The maximum absolute atomic E-state index is 10.7. The Morgan fingerprint density at radius 2 is 1.67 bits per heavy atom. The highest BCUT2D eigenvalue weighted by atomic mass is 35.5. The molecule has 9 heteroatoms. The van der Waals surface area contributed by atoms with E-state index in [0.717, 1.165) is 38.3 Å². The largest absolute Gasteiger partial charge is 0.492 e. The van der Waals surface area contributed by atoms with E-state index >= 15 is 0 Å². The van der Waals surface area contributed by atoms with Crippen LogP contribution in [0, 0.1) is 0 Å². The molecule has 156 valence electrons. The minimum absolute atomic E-state index is 0. The molecule has 0 aromatic heterocycles. The number of hydrogen-bond donors (Lipinski definition) is 2. The molecular weight excluding hydrogens is 409 g/mol. The zero-order chi connectivity index (χ0) is 18.8. The molecule has 5 nitrogen and oxygen atoms in total. The second-order valence-corrected chi connectivity index (χ2v) is 8.40. The first-order valence-electron chi connectivity index (χ1n) is 8.77. The Hall–Kier alpha value is -0.0451. The summed E-state index contributed by atoms with van der Waals surface area (Å²) in [7, 11) is 0.976. The molecule has 0 saturated carbocycles. The smallest absolute Gasteiger partial charge is 0.423 e. The van der Waals surface area contributed by atoms with Crippen LogP contribution >= 0.6 is 36.4 Å². The predicted octanol–water partition coefficient (Wildman–Crippen LogP) is 2.18. The van der Waals surface area contributed by atoms with E-state index < -0.39 is 18.3 Å². The summed E-state index contributed by atoms with van der Waals surface area (Å²) in [5.41, 5.74) is -0.360. The number of nitrogens with zero attached hydrogens (tertiary/aromatic N) is 2. The molecule has 1 fully saturated rings. The van der Waals surface area contributed by atoms with Crippen LogP contribution in [-0.2, 0) is 11.2 Å². The van der Waals surface area contributed by atoms with Crippen LogP contribution in [0.25, 0.3) is 0 Å². The van der Waals surface area contributed by atoms with Gasteiger partial charge in [-0.3, -0.25) is 4.90 Å². The molecule has 1 aromatic carbocycles. The van der Waals surface area contributed by atoms with E-state index in [4.69, 9.17) is 16.3 Å². The lowest BCUT2D eigenvalue weighted by atomic mass is 9.74. The molecule has 0 aliphatic carbocycles. The molecule has 1 saturated heterocycles. The van der Waals surface area contributed by atoms with E-state index in [1.54, 1.807) is 33.8 Å². The zero-order valence-corrected chi connectivity index (χ0v) is 19.1. The summed E-state index contributed by atoms with van der Waals surface area (Å²) in [4.78, 5) is 4.67. The molecule has 0 atom stereocenters. The molecule has 1 aliphatic rings. The molecule has 0 radical (unpaired) electrons. The number of rotatable bonds is 6. The van der Waals surface area contributed by atoms with Crippen molar-refractivity contribution < 1.29 is 14.8 Å². The predicted molar refractivity (Wildman–Crippen MR) is 118 cm³/mol. The van der Waals surface area contributed by atoms with Crippen molar-refractivity contribution in [2.24, 2.45) is 0 Å². The summed E-state index contributed by atoms with van der Waals surface area (Å²) < 4.78 is 5.81. The second kappa shape index (κ2) is 10.7. The lowest BCUT2D eigenvalue weighted by molar-refractivity contribution is -0.0982. The van der Waals surface area contributed by atoms with Gasteiger partial charge in [-0.15, -0.1) is 24.8 Å². The van der Waals surface area contributed by atoms with Gasteiger partial charge in [-0.25, -0.2) is 0 Å². The minimum atomic E-state index is -1.15. The third-order valence-electron chi connectivity index (χ3n) is 5.24. The van der Waals surface area contributed by atoms with E-state index in [0.29, 0.717) is 10.5 Å². The third kappa shape index (κ3) is 7.37. The SMILES string of the molecule is CN1CCN(Cc2ccc(Cl)cc2B(O)OC(C)(C)C(C)(C)O)CC1.Cl.Cl. The Morgan fingerprint density at radius 1 is 1.11 bits per heavy atom. The molecule has 1 heterocycles. The van der Waals surface area contributed by atoms with Gasteiger partial charge >= 0.3 is 7.12 Å². The van der Waals surface area contributed by atoms with Crippen molar-refractivity contribution >= 4 is 49.0 Å². The molecule has 2 rings (SSSR count). The monoisotopic (exact) mass is 440 g/mol. The molecule has 2 N–H and O–H groups in total. The number of piperazine rings is 1. The van der Waals surface area contributed by atoms with Crippen molar-refractivity contribution in [1.29, 1.82) is 0 Å². The Balaban J connectivity index is 0.00000338. The van der Waals surface area contributed by atoms with E-state index in [-0.39, 0.29) is 24.8 Å². The second-order valence-electron chi connectivity index (χ2n) is 7.96. The summed E-state index contributed by atoms with van der Waals surface area (Å²) >= 11 is 6.15. The minimum Gasteiger partial charge on any atom is -0.423 e. The standard InChI is InChI=1S/C18H30BClN2O3.2ClH/c1-17(2,23)18(3,4)25-19(24)16-12-15(20)7-6-14(16)13-22-10-8-21(5)9-11-22;;/h6-7,12,23-24H,8-11,13H2,1-5H3;2*1H. The van der Waals surface area contributed by atoms with Gasteiger partial charge in [-0.2, -0.15) is 0 Å². The number of benzene rings is 1. The van der Waals surface area contributed by atoms with Crippen molar-refractivity contribution in [3.8, 4) is 0 Å². The molecule has 0 spiro atoms. The number of halogens is 3. The Labute approximate surface area is 181 Å². The van der Waals surface area contributed by atoms with Crippen LogP contribution in [0.5, 0.6) is 0 Å². The van der Waals surface area contributed by atoms with E-state index in [2.05, 4.69) is 16.8 Å². The van der Waals surface area contributed by atoms with Gasteiger partial charge in [0.1, 0.15) is 0 Å². The first-order chi connectivity index (χ1) is 11.5. The van der Waals surface area contributed by atoms with Crippen molar-refractivity contribution in [2.75, 3.05) is 33.2 Å². The normalized spacial score (nSPS) is 16.4. The molecule has 0 amide bonds. The topological polar surface area (TPSA) is 56.2 Å². The molecule has 0 bridgehead atoms. The van der Waals surface area contributed by atoms with Gasteiger partial charge in [-0.1, -0.05) is 17.7 Å². The fourth-order valence-corrected chi connectivity index (χ4v) is 2.85. The van der Waals surface area contributed by atoms with Crippen LogP contribution in [0.4, 0.5) is 0 Å². The van der Waals surface area contributed by atoms with E-state index in [1.807, 2.05) is 12.1 Å². The number of likely N-dealkylation sites (N-methyl/N-ethyl adjacent to an activating group) is 1. The molecule has 0 unspecified atom stereocenters. The average Bonchev–Trinajstić information content (AvgIpc) is 2.49. The summed E-state index contributed by atoms with van der Waals surface area (Å²) in [6.45, 7) is 11.7. The summed E-state index contributed by atoms with van der Waals surface area (Å²) in [6, 6.07) is 5.53. The molecule has 1 aliphatic heterocycles. The zero-order valence-electron chi connectivity index (χ0n) is 16.7. The highest BCUT2D eigenvalue weighted by Crippen LogP contribution is 2.26. The highest BCUT2D eigenvalue weighted by Gasteiger charge is 2.40. The van der Waals surface area contributed by atoms with Crippen LogP contribution in [0.15, 0.2) is 18.2 Å². The Morgan fingerprint density at radius 3 is 2.19 bits per heavy atom.